The molecule has 1 fully saturated rings. The first kappa shape index (κ1) is 18.5. The lowest BCUT2D eigenvalue weighted by atomic mass is 10.2. The van der Waals surface area contributed by atoms with Gasteiger partial charge in [-0.15, -0.1) is 11.3 Å². The molecule has 0 bridgehead atoms. The molecule has 146 valence electrons. The predicted octanol–water partition coefficient (Wildman–Crippen LogP) is 0.842. The minimum atomic E-state index is -1.41. The third kappa shape index (κ3) is 2.93. The van der Waals surface area contributed by atoms with E-state index in [9.17, 15) is 19.1 Å². The Morgan fingerprint density at radius 1 is 1.46 bits per heavy atom. The molecule has 9 nitrogen and oxygen atoms in total. The fourth-order valence-electron chi connectivity index (χ4n) is 3.29. The topological polar surface area (TPSA) is 124 Å². The number of halogens is 1. The van der Waals surface area contributed by atoms with Crippen molar-refractivity contribution < 1.29 is 19.0 Å². The average Bonchev–Trinajstić information content (AvgIpc) is 3.31. The van der Waals surface area contributed by atoms with E-state index in [0.717, 1.165) is 12.3 Å². The van der Waals surface area contributed by atoms with Gasteiger partial charge in [-0.25, -0.2) is 19.2 Å². The Morgan fingerprint density at radius 2 is 2.25 bits per heavy atom. The van der Waals surface area contributed by atoms with Crippen molar-refractivity contribution in [2.24, 2.45) is 5.73 Å². The molecule has 3 aromatic heterocycles. The fraction of sp³-hybridized carbons (Fsp3) is 0.294. The van der Waals surface area contributed by atoms with Gasteiger partial charge < -0.3 is 20.5 Å². The minimum absolute atomic E-state index is 0.0234. The van der Waals surface area contributed by atoms with Crippen LogP contribution in [0, 0.1) is 5.82 Å². The van der Waals surface area contributed by atoms with Gasteiger partial charge in [-0.05, 0) is 6.07 Å². The summed E-state index contributed by atoms with van der Waals surface area (Å²) in [6.45, 7) is 0.685. The van der Waals surface area contributed by atoms with Crippen LogP contribution in [-0.2, 0) is 4.74 Å². The van der Waals surface area contributed by atoms with E-state index in [2.05, 4.69) is 9.97 Å². The zero-order valence-electron chi connectivity index (χ0n) is 14.7. The number of carboxylic acids is 1. The number of pyridine rings is 2. The first-order chi connectivity index (χ1) is 13.4. The maximum Gasteiger partial charge on any atom is 0.341 e. The van der Waals surface area contributed by atoms with Crippen LogP contribution in [0.4, 0.5) is 10.2 Å². The number of nitrogens with zero attached hydrogens (tertiary/aromatic N) is 4. The van der Waals surface area contributed by atoms with Crippen LogP contribution in [0.1, 0.15) is 10.4 Å². The van der Waals surface area contributed by atoms with Crippen LogP contribution in [0.2, 0.25) is 0 Å². The van der Waals surface area contributed by atoms with Crippen molar-refractivity contribution in [2.45, 2.75) is 12.1 Å². The van der Waals surface area contributed by atoms with Crippen LogP contribution in [0.25, 0.3) is 16.2 Å². The Balaban J connectivity index is 1.96. The van der Waals surface area contributed by atoms with Crippen molar-refractivity contribution in [3.05, 3.63) is 45.4 Å². The Hall–Kier alpha value is -2.89. The summed E-state index contributed by atoms with van der Waals surface area (Å²) in [5, 5.41) is 11.3. The molecule has 2 atom stereocenters. The molecule has 1 saturated heterocycles. The van der Waals surface area contributed by atoms with Gasteiger partial charge in [0.15, 0.2) is 22.4 Å². The zero-order chi connectivity index (χ0) is 20.0. The van der Waals surface area contributed by atoms with E-state index in [-0.39, 0.29) is 29.0 Å². The first-order valence-electron chi connectivity index (χ1n) is 8.33. The molecule has 11 heteroatoms. The highest BCUT2D eigenvalue weighted by atomic mass is 32.1. The van der Waals surface area contributed by atoms with Gasteiger partial charge in [-0.1, -0.05) is 0 Å². The van der Waals surface area contributed by atoms with Crippen LogP contribution in [0.3, 0.4) is 0 Å². The second-order valence-electron chi connectivity index (χ2n) is 6.37. The largest absolute Gasteiger partial charge is 0.477 e. The minimum Gasteiger partial charge on any atom is -0.477 e. The second kappa shape index (κ2) is 6.93. The average molecular weight is 405 g/mol. The number of hydrogen-bond acceptors (Lipinski definition) is 8. The standard InChI is InChI=1S/C17H16FN5O4S/c1-27-12-7-22(6-11(12)19)15-10(18)4-8-13(24)9(16(25)26)5-23(14(8)21-15)17-20-2-3-28-17/h2-5,11-12H,6-7,19H2,1H3,(H,25,26). The molecule has 3 N–H and O–H groups in total. The summed E-state index contributed by atoms with van der Waals surface area (Å²) in [4.78, 5) is 34.2. The van der Waals surface area contributed by atoms with Crippen molar-refractivity contribution in [1.29, 1.82) is 0 Å². The molecule has 0 spiro atoms. The van der Waals surface area contributed by atoms with E-state index in [4.69, 9.17) is 10.5 Å². The van der Waals surface area contributed by atoms with E-state index in [1.807, 2.05) is 0 Å². The van der Waals surface area contributed by atoms with E-state index in [0.29, 0.717) is 18.2 Å². The molecule has 0 aliphatic carbocycles. The van der Waals surface area contributed by atoms with Crippen molar-refractivity contribution in [3.63, 3.8) is 0 Å². The molecule has 28 heavy (non-hydrogen) atoms. The summed E-state index contributed by atoms with van der Waals surface area (Å²) in [5.41, 5.74) is 4.85. The number of rotatable bonds is 4. The number of fused-ring (bicyclic) bond motifs is 1. The number of nitrogens with two attached hydrogens (primary N) is 1. The number of ether oxygens (including phenoxy) is 1. The number of aromatic nitrogens is 3. The molecule has 0 amide bonds. The predicted molar refractivity (Wildman–Crippen MR) is 101 cm³/mol. The molecule has 0 radical (unpaired) electrons. The lowest BCUT2D eigenvalue weighted by Gasteiger charge is -2.19. The maximum absolute atomic E-state index is 14.8. The van der Waals surface area contributed by atoms with Crippen molar-refractivity contribution in [2.75, 3.05) is 25.1 Å². The van der Waals surface area contributed by atoms with Crippen LogP contribution in [-0.4, -0.2) is 58.0 Å². The molecular weight excluding hydrogens is 389 g/mol. The van der Waals surface area contributed by atoms with Gasteiger partial charge in [0.25, 0.3) is 0 Å². The number of hydrogen-bond donors (Lipinski definition) is 2. The van der Waals surface area contributed by atoms with Crippen molar-refractivity contribution in [3.8, 4) is 5.13 Å². The lowest BCUT2D eigenvalue weighted by Crippen LogP contribution is -2.34. The summed E-state index contributed by atoms with van der Waals surface area (Å²) in [6, 6.07) is 0.708. The third-order valence-electron chi connectivity index (χ3n) is 4.68. The van der Waals surface area contributed by atoms with Gasteiger partial charge in [-0.2, -0.15) is 0 Å². The van der Waals surface area contributed by atoms with Crippen molar-refractivity contribution in [1.82, 2.24) is 14.5 Å². The molecule has 1 aliphatic rings. The molecule has 0 saturated carbocycles. The highest BCUT2D eigenvalue weighted by Crippen LogP contribution is 2.27. The van der Waals surface area contributed by atoms with E-state index < -0.39 is 22.8 Å². The van der Waals surface area contributed by atoms with Gasteiger partial charge >= 0.3 is 5.97 Å². The smallest absolute Gasteiger partial charge is 0.341 e. The normalized spacial score (nSPS) is 19.5. The van der Waals surface area contributed by atoms with Gasteiger partial charge in [0.05, 0.1) is 17.5 Å². The Bertz CT molecular complexity index is 1120. The van der Waals surface area contributed by atoms with Gasteiger partial charge in [0.2, 0.25) is 5.43 Å². The van der Waals surface area contributed by atoms with Crippen LogP contribution >= 0.6 is 11.3 Å². The molecular formula is C17H16FN5O4S. The summed E-state index contributed by atoms with van der Waals surface area (Å²) in [7, 11) is 1.53. The van der Waals surface area contributed by atoms with E-state index in [1.54, 1.807) is 10.3 Å². The fourth-order valence-corrected chi connectivity index (χ4v) is 3.91. The van der Waals surface area contributed by atoms with Crippen LogP contribution in [0.5, 0.6) is 0 Å². The molecule has 4 rings (SSSR count). The number of carbonyl (C=O) groups is 1. The van der Waals surface area contributed by atoms with Crippen LogP contribution in [0.15, 0.2) is 28.6 Å². The molecule has 4 heterocycles. The number of carboxylic acid groups (broad SMARTS) is 1. The SMILES string of the molecule is COC1CN(c2nc3c(cc2F)c(=O)c(C(=O)O)cn3-c2nccs2)CC1N. The Labute approximate surface area is 161 Å². The lowest BCUT2D eigenvalue weighted by molar-refractivity contribution is 0.0695. The van der Waals surface area contributed by atoms with Gasteiger partial charge in [-0.3, -0.25) is 9.36 Å². The third-order valence-corrected chi connectivity index (χ3v) is 5.45. The van der Waals surface area contributed by atoms with Crippen molar-refractivity contribution >= 4 is 34.2 Å². The summed E-state index contributed by atoms with van der Waals surface area (Å²) >= 11 is 1.23. The number of aromatic carboxylic acids is 1. The first-order valence-corrected chi connectivity index (χ1v) is 9.21. The van der Waals surface area contributed by atoms with Crippen LogP contribution < -0.4 is 16.1 Å². The second-order valence-corrected chi connectivity index (χ2v) is 7.24. The van der Waals surface area contributed by atoms with E-state index in [1.165, 1.54) is 29.2 Å². The maximum atomic E-state index is 14.8. The number of methoxy groups -OCH3 is 1. The number of anilines is 1. The number of thiazole rings is 1. The highest BCUT2D eigenvalue weighted by molar-refractivity contribution is 7.12. The monoisotopic (exact) mass is 405 g/mol. The van der Waals surface area contributed by atoms with Gasteiger partial charge in [0.1, 0.15) is 5.56 Å². The molecule has 0 aromatic carbocycles. The molecule has 2 unspecified atom stereocenters. The van der Waals surface area contributed by atoms with E-state index >= 15 is 0 Å². The van der Waals surface area contributed by atoms with Gasteiger partial charge in [0, 0.05) is 38.0 Å². The zero-order valence-corrected chi connectivity index (χ0v) is 15.5. The molecule has 1 aliphatic heterocycles. The quantitative estimate of drug-likeness (QED) is 0.655. The summed E-state index contributed by atoms with van der Waals surface area (Å²) < 4.78 is 21.5. The Morgan fingerprint density at radius 3 is 2.86 bits per heavy atom. The summed E-state index contributed by atoms with van der Waals surface area (Å²) in [5.74, 6) is -2.12. The molecule has 3 aromatic rings. The highest BCUT2D eigenvalue weighted by Gasteiger charge is 2.33. The summed E-state index contributed by atoms with van der Waals surface area (Å²) in [6.07, 6.45) is 2.43. The Kier molecular flexibility index (Phi) is 4.57.